The molecule has 0 amide bonds. The molecule has 0 saturated heterocycles. The average molecular weight is 403 g/mol. The van der Waals surface area contributed by atoms with Crippen molar-refractivity contribution in [2.24, 2.45) is 4.99 Å². The SMILES string of the molecule is CN1C=CSC1c1nc(/C=N/CCCCC(=O)C(F)(F)F)c(C2CC2)s1. The van der Waals surface area contributed by atoms with Gasteiger partial charge in [-0.25, -0.2) is 4.98 Å². The molecule has 1 aliphatic heterocycles. The first kappa shape index (κ1) is 19.4. The molecule has 1 fully saturated rings. The Morgan fingerprint density at radius 2 is 2.19 bits per heavy atom. The van der Waals surface area contributed by atoms with Gasteiger partial charge in [-0.2, -0.15) is 13.2 Å². The van der Waals surface area contributed by atoms with Gasteiger partial charge in [-0.15, -0.1) is 23.1 Å². The summed E-state index contributed by atoms with van der Waals surface area (Å²) in [6.45, 7) is 0.405. The molecule has 2 heterocycles. The van der Waals surface area contributed by atoms with Crippen LogP contribution in [0.2, 0.25) is 0 Å². The van der Waals surface area contributed by atoms with Crippen molar-refractivity contribution in [2.45, 2.75) is 49.6 Å². The lowest BCUT2D eigenvalue weighted by atomic mass is 10.2. The van der Waals surface area contributed by atoms with Gasteiger partial charge in [-0.3, -0.25) is 9.79 Å². The van der Waals surface area contributed by atoms with Gasteiger partial charge in [0.1, 0.15) is 10.4 Å². The number of thiazole rings is 1. The minimum atomic E-state index is -4.72. The van der Waals surface area contributed by atoms with Gasteiger partial charge in [0.15, 0.2) is 0 Å². The summed E-state index contributed by atoms with van der Waals surface area (Å²) in [6, 6.07) is 0. The summed E-state index contributed by atoms with van der Waals surface area (Å²) in [5, 5.41) is 3.31. The highest BCUT2D eigenvalue weighted by molar-refractivity contribution is 8.02. The van der Waals surface area contributed by atoms with E-state index in [9.17, 15) is 18.0 Å². The number of carbonyl (C=O) groups excluding carboxylic acids is 1. The fourth-order valence-corrected chi connectivity index (χ4v) is 4.99. The number of hydrogen-bond donors (Lipinski definition) is 0. The lowest BCUT2D eigenvalue weighted by molar-refractivity contribution is -0.171. The number of alkyl halides is 3. The van der Waals surface area contributed by atoms with E-state index < -0.39 is 18.4 Å². The number of aromatic nitrogens is 1. The van der Waals surface area contributed by atoms with Crippen LogP contribution < -0.4 is 0 Å². The molecule has 0 spiro atoms. The molecule has 1 aromatic rings. The molecule has 1 saturated carbocycles. The molecule has 142 valence electrons. The first-order valence-corrected chi connectivity index (χ1v) is 10.3. The maximum absolute atomic E-state index is 12.1. The van der Waals surface area contributed by atoms with Crippen molar-refractivity contribution in [3.8, 4) is 0 Å². The van der Waals surface area contributed by atoms with Crippen LogP contribution in [0.4, 0.5) is 13.2 Å². The van der Waals surface area contributed by atoms with E-state index in [-0.39, 0.29) is 11.8 Å². The van der Waals surface area contributed by atoms with Crippen molar-refractivity contribution >= 4 is 35.1 Å². The van der Waals surface area contributed by atoms with Crippen LogP contribution in [0.1, 0.15) is 59.0 Å². The van der Waals surface area contributed by atoms with Crippen LogP contribution in [-0.4, -0.2) is 41.7 Å². The molecule has 3 rings (SSSR count). The monoisotopic (exact) mass is 403 g/mol. The predicted octanol–water partition coefficient (Wildman–Crippen LogP) is 4.89. The maximum Gasteiger partial charge on any atom is 0.449 e. The Kier molecular flexibility index (Phi) is 6.06. The number of hydrogen-bond acceptors (Lipinski definition) is 6. The topological polar surface area (TPSA) is 45.6 Å². The standard InChI is InChI=1S/C17H20F3N3OS2/c1-23-8-9-25-16(23)15-22-12(14(26-15)11-5-6-11)10-21-7-3-2-4-13(24)17(18,19)20/h8-11,16H,2-7H2,1H3/b21-10+. The van der Waals surface area contributed by atoms with Crippen LogP contribution >= 0.6 is 23.1 Å². The van der Waals surface area contributed by atoms with Gasteiger partial charge in [0.2, 0.25) is 5.78 Å². The first-order valence-electron chi connectivity index (χ1n) is 8.51. The summed E-state index contributed by atoms with van der Waals surface area (Å²) < 4.78 is 36.4. The molecule has 26 heavy (non-hydrogen) atoms. The number of rotatable bonds is 8. The van der Waals surface area contributed by atoms with Crippen molar-refractivity contribution in [1.29, 1.82) is 0 Å². The van der Waals surface area contributed by atoms with Crippen LogP contribution in [0.15, 0.2) is 16.6 Å². The van der Waals surface area contributed by atoms with Crippen LogP contribution in [0, 0.1) is 0 Å². The number of Topliss-reactive ketones (excluding diaryl/α,β-unsaturated/α-hetero) is 1. The van der Waals surface area contributed by atoms with Crippen molar-refractivity contribution in [3.63, 3.8) is 0 Å². The van der Waals surface area contributed by atoms with E-state index in [2.05, 4.69) is 15.3 Å². The normalized spacial score (nSPS) is 20.5. The number of carbonyl (C=O) groups is 1. The third kappa shape index (κ3) is 4.88. The van der Waals surface area contributed by atoms with E-state index in [1.807, 2.05) is 13.2 Å². The molecule has 0 radical (unpaired) electrons. The third-order valence-electron chi connectivity index (χ3n) is 4.20. The van der Waals surface area contributed by atoms with Crippen LogP contribution in [0.5, 0.6) is 0 Å². The summed E-state index contributed by atoms with van der Waals surface area (Å²) in [5.41, 5.74) is 0.889. The van der Waals surface area contributed by atoms with Crippen molar-refractivity contribution < 1.29 is 18.0 Å². The van der Waals surface area contributed by atoms with Crippen LogP contribution in [0.25, 0.3) is 0 Å². The zero-order valence-corrected chi connectivity index (χ0v) is 16.0. The number of ketones is 1. The molecular formula is C17H20F3N3OS2. The fraction of sp³-hybridized carbons (Fsp3) is 0.588. The number of halogens is 3. The second kappa shape index (κ2) is 8.12. The number of nitrogens with zero attached hydrogens (tertiary/aromatic N) is 3. The molecule has 9 heteroatoms. The molecule has 0 bridgehead atoms. The van der Waals surface area contributed by atoms with Crippen molar-refractivity contribution in [1.82, 2.24) is 9.88 Å². The fourth-order valence-electron chi connectivity index (χ4n) is 2.59. The summed E-state index contributed by atoms with van der Waals surface area (Å²) in [6.07, 6.45) is 1.59. The highest BCUT2D eigenvalue weighted by atomic mass is 32.2. The zero-order chi connectivity index (χ0) is 18.7. The minimum absolute atomic E-state index is 0.197. The molecule has 0 aromatic carbocycles. The van der Waals surface area contributed by atoms with Crippen LogP contribution in [-0.2, 0) is 4.79 Å². The second-order valence-corrected chi connectivity index (χ2v) is 8.48. The Balaban J connectivity index is 1.53. The number of thioether (sulfide) groups is 1. The Bertz CT molecular complexity index is 711. The summed E-state index contributed by atoms with van der Waals surface area (Å²) in [4.78, 5) is 23.3. The van der Waals surface area contributed by atoms with Gasteiger partial charge in [-0.05, 0) is 37.0 Å². The van der Waals surface area contributed by atoms with E-state index in [4.69, 9.17) is 4.98 Å². The van der Waals surface area contributed by atoms with Gasteiger partial charge in [0.25, 0.3) is 0 Å². The maximum atomic E-state index is 12.1. The average Bonchev–Trinajstić information content (AvgIpc) is 3.20. The van der Waals surface area contributed by atoms with Crippen molar-refractivity contribution in [3.05, 3.63) is 27.2 Å². The Morgan fingerprint density at radius 1 is 1.42 bits per heavy atom. The molecular weight excluding hydrogens is 383 g/mol. The first-order chi connectivity index (χ1) is 12.4. The lowest BCUT2D eigenvalue weighted by Crippen LogP contribution is -2.22. The number of aliphatic imine (C=N–C) groups is 1. The van der Waals surface area contributed by atoms with E-state index in [0.29, 0.717) is 18.9 Å². The van der Waals surface area contributed by atoms with Gasteiger partial charge in [0, 0.05) is 37.3 Å². The molecule has 1 unspecified atom stereocenters. The highest BCUT2D eigenvalue weighted by Crippen LogP contribution is 2.47. The summed E-state index contributed by atoms with van der Waals surface area (Å²) >= 11 is 3.45. The van der Waals surface area contributed by atoms with E-state index in [1.165, 1.54) is 17.7 Å². The predicted molar refractivity (Wildman–Crippen MR) is 98.7 cm³/mol. The molecule has 2 aliphatic rings. The Labute approximate surface area is 158 Å². The molecule has 1 atom stereocenters. The minimum Gasteiger partial charge on any atom is -0.362 e. The molecule has 0 N–H and O–H groups in total. The summed E-state index contributed by atoms with van der Waals surface area (Å²) in [7, 11) is 2.02. The van der Waals surface area contributed by atoms with Gasteiger partial charge >= 0.3 is 6.18 Å². The smallest absolute Gasteiger partial charge is 0.362 e. The molecule has 4 nitrogen and oxygen atoms in total. The van der Waals surface area contributed by atoms with Gasteiger partial charge < -0.3 is 4.90 Å². The van der Waals surface area contributed by atoms with Crippen molar-refractivity contribution in [2.75, 3.05) is 13.6 Å². The second-order valence-electron chi connectivity index (χ2n) is 6.43. The number of unbranched alkanes of at least 4 members (excludes halogenated alkanes) is 1. The lowest BCUT2D eigenvalue weighted by Gasteiger charge is -2.16. The summed E-state index contributed by atoms with van der Waals surface area (Å²) in [5.74, 6) is -1.09. The zero-order valence-electron chi connectivity index (χ0n) is 14.3. The Morgan fingerprint density at radius 3 is 2.81 bits per heavy atom. The molecule has 1 aliphatic carbocycles. The quantitative estimate of drug-likeness (QED) is 0.458. The largest absolute Gasteiger partial charge is 0.449 e. The third-order valence-corrected chi connectivity index (χ3v) is 6.73. The van der Waals surface area contributed by atoms with E-state index in [0.717, 1.165) is 10.7 Å². The van der Waals surface area contributed by atoms with E-state index in [1.54, 1.807) is 29.3 Å². The Hall–Kier alpha value is -1.35. The van der Waals surface area contributed by atoms with Crippen LogP contribution in [0.3, 0.4) is 0 Å². The highest BCUT2D eigenvalue weighted by Gasteiger charge is 2.37. The van der Waals surface area contributed by atoms with E-state index >= 15 is 0 Å². The van der Waals surface area contributed by atoms with Gasteiger partial charge in [-0.1, -0.05) is 0 Å². The molecule has 1 aromatic heterocycles. The van der Waals surface area contributed by atoms with Gasteiger partial charge in [0.05, 0.1) is 5.69 Å².